The molecule has 0 aliphatic carbocycles. The molecule has 128 valence electrons. The molecule has 1 heterocycles. The lowest BCUT2D eigenvalue weighted by Gasteiger charge is -2.26. The van der Waals surface area contributed by atoms with Gasteiger partial charge in [0.15, 0.2) is 0 Å². The zero-order valence-corrected chi connectivity index (χ0v) is 13.4. The Hall–Kier alpha value is -2.18. The van der Waals surface area contributed by atoms with E-state index in [2.05, 4.69) is 5.32 Å². The summed E-state index contributed by atoms with van der Waals surface area (Å²) < 4.78 is 13.5. The van der Waals surface area contributed by atoms with E-state index in [0.29, 0.717) is 0 Å². The van der Waals surface area contributed by atoms with Crippen molar-refractivity contribution in [1.29, 1.82) is 0 Å². The van der Waals surface area contributed by atoms with Crippen LogP contribution in [-0.2, 0) is 0 Å². The molecule has 6 heteroatoms. The Balaban J connectivity index is 1.77. The lowest BCUT2D eigenvalue weighted by Crippen LogP contribution is -2.46. The smallest absolute Gasteiger partial charge is 0.318 e. The Labute approximate surface area is 140 Å². The fraction of sp³-hybridized carbons (Fsp3) is 0.389. The Morgan fingerprint density at radius 2 is 2.08 bits per heavy atom. The van der Waals surface area contributed by atoms with Crippen LogP contribution in [0.25, 0.3) is 10.8 Å². The van der Waals surface area contributed by atoms with Crippen molar-refractivity contribution in [2.75, 3.05) is 19.7 Å². The van der Waals surface area contributed by atoms with E-state index in [1.165, 1.54) is 4.90 Å². The summed E-state index contributed by atoms with van der Waals surface area (Å²) in [5.41, 5.74) is 6.74. The van der Waals surface area contributed by atoms with Crippen molar-refractivity contribution in [1.82, 2.24) is 10.2 Å². The predicted octanol–water partition coefficient (Wildman–Crippen LogP) is 1.95. The van der Waals surface area contributed by atoms with Crippen LogP contribution in [0.2, 0.25) is 0 Å². The van der Waals surface area contributed by atoms with Gasteiger partial charge in [0.2, 0.25) is 0 Å². The van der Waals surface area contributed by atoms with Gasteiger partial charge < -0.3 is 21.1 Å². The molecule has 2 amide bonds. The number of hydrogen-bond acceptors (Lipinski definition) is 3. The molecule has 1 fully saturated rings. The molecule has 3 atom stereocenters. The standard InChI is InChI=1S/C18H22FN3O2/c19-15-8-16(11-23)22(10-15)18(24)21-17(9-20)14-6-5-12-3-1-2-4-13(12)7-14/h1-7,15-17,23H,8-11,20H2,(H,21,24). The number of aliphatic hydroxyl groups is 1. The summed E-state index contributed by atoms with van der Waals surface area (Å²) in [5.74, 6) is 0. The molecule has 24 heavy (non-hydrogen) atoms. The van der Waals surface area contributed by atoms with Crippen LogP contribution in [-0.4, -0.2) is 47.9 Å². The normalized spacial score (nSPS) is 21.9. The monoisotopic (exact) mass is 331 g/mol. The topological polar surface area (TPSA) is 78.6 Å². The number of nitrogens with one attached hydrogen (secondary N) is 1. The largest absolute Gasteiger partial charge is 0.394 e. The number of aliphatic hydroxyl groups excluding tert-OH is 1. The average molecular weight is 331 g/mol. The molecule has 0 spiro atoms. The second kappa shape index (κ2) is 7.15. The predicted molar refractivity (Wildman–Crippen MR) is 91.4 cm³/mol. The second-order valence-electron chi connectivity index (χ2n) is 6.17. The summed E-state index contributed by atoms with van der Waals surface area (Å²) >= 11 is 0. The van der Waals surface area contributed by atoms with Gasteiger partial charge in [0, 0.05) is 13.0 Å². The minimum atomic E-state index is -1.09. The highest BCUT2D eigenvalue weighted by Gasteiger charge is 2.35. The first-order valence-corrected chi connectivity index (χ1v) is 8.13. The Bertz CT molecular complexity index is 724. The molecule has 1 aliphatic rings. The fourth-order valence-corrected chi connectivity index (χ4v) is 3.22. The first-order valence-electron chi connectivity index (χ1n) is 8.13. The number of nitrogens with zero attached hydrogens (tertiary/aromatic N) is 1. The maximum Gasteiger partial charge on any atom is 0.318 e. The number of hydrogen-bond donors (Lipinski definition) is 3. The molecule has 0 radical (unpaired) electrons. The number of likely N-dealkylation sites (tertiary alicyclic amines) is 1. The quantitative estimate of drug-likeness (QED) is 0.801. The van der Waals surface area contributed by atoms with E-state index in [-0.39, 0.29) is 32.2 Å². The van der Waals surface area contributed by atoms with E-state index in [1.807, 2.05) is 42.5 Å². The van der Waals surface area contributed by atoms with Crippen LogP contribution in [0.1, 0.15) is 18.0 Å². The molecule has 4 N–H and O–H groups in total. The van der Waals surface area contributed by atoms with Gasteiger partial charge in [-0.1, -0.05) is 36.4 Å². The first kappa shape index (κ1) is 16.7. The van der Waals surface area contributed by atoms with E-state index in [0.717, 1.165) is 16.3 Å². The highest BCUT2D eigenvalue weighted by atomic mass is 19.1. The molecule has 5 nitrogen and oxygen atoms in total. The van der Waals surface area contributed by atoms with Crippen LogP contribution >= 0.6 is 0 Å². The number of benzene rings is 2. The van der Waals surface area contributed by atoms with E-state index < -0.39 is 18.2 Å². The number of amides is 2. The molecule has 0 bridgehead atoms. The summed E-state index contributed by atoms with van der Waals surface area (Å²) in [6.45, 7) is 0.00391. The summed E-state index contributed by atoms with van der Waals surface area (Å²) in [7, 11) is 0. The van der Waals surface area contributed by atoms with Crippen molar-refractivity contribution in [3.8, 4) is 0 Å². The van der Waals surface area contributed by atoms with Gasteiger partial charge in [-0.15, -0.1) is 0 Å². The zero-order valence-electron chi connectivity index (χ0n) is 13.4. The van der Waals surface area contributed by atoms with Crippen LogP contribution in [0.5, 0.6) is 0 Å². The van der Waals surface area contributed by atoms with Crippen LogP contribution in [0.15, 0.2) is 42.5 Å². The Kier molecular flexibility index (Phi) is 4.97. The van der Waals surface area contributed by atoms with Crippen LogP contribution in [0.4, 0.5) is 9.18 Å². The number of urea groups is 1. The molecule has 2 aromatic rings. The Morgan fingerprint density at radius 1 is 1.33 bits per heavy atom. The van der Waals surface area contributed by atoms with Gasteiger partial charge in [0.05, 0.1) is 25.2 Å². The van der Waals surface area contributed by atoms with Gasteiger partial charge in [-0.25, -0.2) is 9.18 Å². The number of alkyl halides is 1. The van der Waals surface area contributed by atoms with Gasteiger partial charge in [-0.2, -0.15) is 0 Å². The Morgan fingerprint density at radius 3 is 2.79 bits per heavy atom. The third kappa shape index (κ3) is 3.34. The van der Waals surface area contributed by atoms with Gasteiger partial charge in [-0.05, 0) is 22.4 Å². The number of carbonyl (C=O) groups excluding carboxylic acids is 1. The summed E-state index contributed by atoms with van der Waals surface area (Å²) in [6, 6.07) is 12.7. The van der Waals surface area contributed by atoms with E-state index in [1.54, 1.807) is 0 Å². The van der Waals surface area contributed by atoms with Gasteiger partial charge in [0.1, 0.15) is 6.17 Å². The molecule has 2 aromatic carbocycles. The maximum atomic E-state index is 13.5. The van der Waals surface area contributed by atoms with Crippen LogP contribution in [0, 0.1) is 0 Å². The minimum Gasteiger partial charge on any atom is -0.394 e. The average Bonchev–Trinajstić information content (AvgIpc) is 3.00. The van der Waals surface area contributed by atoms with Gasteiger partial charge in [0.25, 0.3) is 0 Å². The lowest BCUT2D eigenvalue weighted by atomic mass is 10.0. The van der Waals surface area contributed by atoms with Gasteiger partial charge in [-0.3, -0.25) is 0 Å². The molecule has 3 rings (SSSR count). The van der Waals surface area contributed by atoms with E-state index in [4.69, 9.17) is 5.73 Å². The number of halogens is 1. The van der Waals surface area contributed by atoms with Crippen molar-refractivity contribution in [2.24, 2.45) is 5.73 Å². The third-order valence-corrected chi connectivity index (χ3v) is 4.54. The summed E-state index contributed by atoms with van der Waals surface area (Å²) in [6.07, 6.45) is -0.919. The number of fused-ring (bicyclic) bond motifs is 1. The molecular weight excluding hydrogens is 309 g/mol. The van der Waals surface area contributed by atoms with E-state index >= 15 is 0 Å². The van der Waals surface area contributed by atoms with E-state index in [9.17, 15) is 14.3 Å². The van der Waals surface area contributed by atoms with Crippen molar-refractivity contribution in [3.05, 3.63) is 48.0 Å². The lowest BCUT2D eigenvalue weighted by molar-refractivity contribution is 0.154. The molecule has 1 aliphatic heterocycles. The second-order valence-corrected chi connectivity index (χ2v) is 6.17. The zero-order chi connectivity index (χ0) is 17.1. The summed E-state index contributed by atoms with van der Waals surface area (Å²) in [4.78, 5) is 13.8. The highest BCUT2D eigenvalue weighted by Crippen LogP contribution is 2.23. The van der Waals surface area contributed by atoms with Crippen LogP contribution < -0.4 is 11.1 Å². The molecule has 1 saturated heterocycles. The molecule has 0 aromatic heterocycles. The molecule has 3 unspecified atom stereocenters. The number of rotatable bonds is 4. The maximum absolute atomic E-state index is 13.5. The summed E-state index contributed by atoms with van der Waals surface area (Å²) in [5, 5.41) is 14.4. The fourth-order valence-electron chi connectivity index (χ4n) is 3.22. The highest BCUT2D eigenvalue weighted by molar-refractivity contribution is 5.83. The van der Waals surface area contributed by atoms with Crippen molar-refractivity contribution < 1.29 is 14.3 Å². The number of nitrogens with two attached hydrogens (primary N) is 1. The number of carbonyl (C=O) groups is 1. The molecular formula is C18H22FN3O2. The first-order chi connectivity index (χ1) is 11.6. The third-order valence-electron chi connectivity index (χ3n) is 4.54. The minimum absolute atomic E-state index is 0.00602. The van der Waals surface area contributed by atoms with Crippen molar-refractivity contribution in [3.63, 3.8) is 0 Å². The van der Waals surface area contributed by atoms with Crippen LogP contribution in [0.3, 0.4) is 0 Å². The van der Waals surface area contributed by atoms with Gasteiger partial charge >= 0.3 is 6.03 Å². The van der Waals surface area contributed by atoms with Crippen molar-refractivity contribution in [2.45, 2.75) is 24.7 Å². The van der Waals surface area contributed by atoms with Crippen molar-refractivity contribution >= 4 is 16.8 Å². The molecule has 0 saturated carbocycles. The SMILES string of the molecule is NCC(NC(=O)N1CC(F)CC1CO)c1ccc2ccccc2c1.